The molecule has 0 saturated carbocycles. The van der Waals surface area contributed by atoms with Crippen LogP contribution in [0.5, 0.6) is 0 Å². The molecule has 2 heterocycles. The molecule has 0 radical (unpaired) electrons. The van der Waals surface area contributed by atoms with Crippen LogP contribution in [-0.2, 0) is 10.0 Å². The molecule has 0 bridgehead atoms. The summed E-state index contributed by atoms with van der Waals surface area (Å²) in [6.07, 6.45) is 0. The van der Waals surface area contributed by atoms with Gasteiger partial charge in [0.05, 0.1) is 10.8 Å². The van der Waals surface area contributed by atoms with E-state index in [0.717, 1.165) is 11.1 Å². The van der Waals surface area contributed by atoms with Gasteiger partial charge in [-0.15, -0.1) is 0 Å². The highest BCUT2D eigenvalue weighted by Crippen LogP contribution is 2.35. The van der Waals surface area contributed by atoms with Crippen molar-refractivity contribution in [3.05, 3.63) is 66.1 Å². The quantitative estimate of drug-likeness (QED) is 0.689. The van der Waals surface area contributed by atoms with Gasteiger partial charge in [0.2, 0.25) is 21.7 Å². The molecule has 0 amide bonds. The average molecular weight is 383 g/mol. The molecule has 2 unspecified atom stereocenters. The van der Waals surface area contributed by atoms with Crippen molar-refractivity contribution >= 4 is 10.0 Å². The van der Waals surface area contributed by atoms with Gasteiger partial charge in [-0.05, 0) is 25.0 Å². The van der Waals surface area contributed by atoms with Gasteiger partial charge < -0.3 is 4.52 Å². The van der Waals surface area contributed by atoms with Crippen LogP contribution < -0.4 is 0 Å². The smallest absolute Gasteiger partial charge is 0.243 e. The fraction of sp³-hybridized carbons (Fsp3) is 0.300. The molecule has 2 atom stereocenters. The van der Waals surface area contributed by atoms with E-state index in [1.165, 1.54) is 4.31 Å². The summed E-state index contributed by atoms with van der Waals surface area (Å²) in [4.78, 5) is 4.83. The van der Waals surface area contributed by atoms with Crippen LogP contribution in [0.25, 0.3) is 11.4 Å². The van der Waals surface area contributed by atoms with E-state index in [4.69, 9.17) is 4.52 Å². The van der Waals surface area contributed by atoms with Gasteiger partial charge in [-0.2, -0.15) is 9.29 Å². The Morgan fingerprint density at radius 3 is 2.44 bits per heavy atom. The molecule has 0 spiro atoms. The molecule has 1 aromatic heterocycles. The number of nitrogens with zero attached hydrogens (tertiary/aromatic N) is 3. The lowest BCUT2D eigenvalue weighted by Gasteiger charge is -2.16. The van der Waals surface area contributed by atoms with E-state index in [9.17, 15) is 8.42 Å². The molecule has 6 nitrogen and oxygen atoms in total. The predicted molar refractivity (Wildman–Crippen MR) is 102 cm³/mol. The van der Waals surface area contributed by atoms with Crippen molar-refractivity contribution in [2.24, 2.45) is 5.92 Å². The molecule has 1 aliphatic heterocycles. The first kappa shape index (κ1) is 17.9. The van der Waals surface area contributed by atoms with Crippen molar-refractivity contribution < 1.29 is 12.9 Å². The summed E-state index contributed by atoms with van der Waals surface area (Å²) in [5.41, 5.74) is 1.91. The molecule has 2 aromatic carbocycles. The first-order valence-corrected chi connectivity index (χ1v) is 10.3. The lowest BCUT2D eigenvalue weighted by molar-refractivity contribution is 0.338. The Morgan fingerprint density at radius 2 is 1.74 bits per heavy atom. The summed E-state index contributed by atoms with van der Waals surface area (Å²) in [5, 5.41) is 4.07. The Balaban J connectivity index is 1.57. The Labute approximate surface area is 158 Å². The van der Waals surface area contributed by atoms with Crippen molar-refractivity contribution in [1.29, 1.82) is 0 Å². The van der Waals surface area contributed by atoms with Crippen molar-refractivity contribution in [2.45, 2.75) is 24.7 Å². The summed E-state index contributed by atoms with van der Waals surface area (Å²) in [6.45, 7) is 4.73. The molecular formula is C20H21N3O3S. The van der Waals surface area contributed by atoms with Crippen LogP contribution in [0.15, 0.2) is 64.0 Å². The van der Waals surface area contributed by atoms with E-state index in [0.29, 0.717) is 29.7 Å². The zero-order valence-electron chi connectivity index (χ0n) is 15.2. The predicted octanol–water partition coefficient (Wildman–Crippen LogP) is 3.47. The fourth-order valence-corrected chi connectivity index (χ4v) is 4.96. The maximum atomic E-state index is 13.0. The largest absolute Gasteiger partial charge is 0.339 e. The zero-order valence-corrected chi connectivity index (χ0v) is 16.1. The van der Waals surface area contributed by atoms with E-state index in [1.54, 1.807) is 12.1 Å². The number of hydrogen-bond donors (Lipinski definition) is 0. The molecule has 3 aromatic rings. The Morgan fingerprint density at radius 1 is 1.04 bits per heavy atom. The number of sulfonamides is 1. The summed E-state index contributed by atoms with van der Waals surface area (Å²) < 4.78 is 32.9. The van der Waals surface area contributed by atoms with Gasteiger partial charge in [0.25, 0.3) is 0 Å². The monoisotopic (exact) mass is 383 g/mol. The molecular weight excluding hydrogens is 362 g/mol. The third-order valence-electron chi connectivity index (χ3n) is 5.03. The average Bonchev–Trinajstić information content (AvgIpc) is 3.30. The third-order valence-corrected chi connectivity index (χ3v) is 6.87. The Bertz CT molecular complexity index is 1030. The summed E-state index contributed by atoms with van der Waals surface area (Å²) >= 11 is 0. The molecule has 4 rings (SSSR count). The number of hydrogen-bond acceptors (Lipinski definition) is 5. The van der Waals surface area contributed by atoms with E-state index < -0.39 is 10.0 Å². The van der Waals surface area contributed by atoms with E-state index in [2.05, 4.69) is 10.1 Å². The number of benzene rings is 2. The van der Waals surface area contributed by atoms with Gasteiger partial charge in [0.1, 0.15) is 0 Å². The van der Waals surface area contributed by atoms with Gasteiger partial charge in [0.15, 0.2) is 0 Å². The maximum Gasteiger partial charge on any atom is 0.243 e. The van der Waals surface area contributed by atoms with Crippen LogP contribution in [0.4, 0.5) is 0 Å². The molecule has 0 aliphatic carbocycles. The molecule has 1 fully saturated rings. The molecule has 140 valence electrons. The lowest BCUT2D eigenvalue weighted by Crippen LogP contribution is -2.29. The SMILES string of the molecule is Cc1ccc(S(=O)(=O)N2CC(C)C(c3nc(-c4ccccc4)no3)C2)cc1. The van der Waals surface area contributed by atoms with Gasteiger partial charge in [-0.1, -0.05) is 60.1 Å². The standard InChI is InChI=1S/C20H21N3O3S/c1-14-8-10-17(11-9-14)27(24,25)23-12-15(2)18(13-23)20-21-19(22-26-20)16-6-4-3-5-7-16/h3-11,15,18H,12-13H2,1-2H3. The summed E-state index contributed by atoms with van der Waals surface area (Å²) in [7, 11) is -3.53. The third kappa shape index (κ3) is 3.40. The van der Waals surface area contributed by atoms with Crippen LogP contribution in [0.1, 0.15) is 24.3 Å². The van der Waals surface area contributed by atoms with Gasteiger partial charge in [-0.3, -0.25) is 0 Å². The highest BCUT2D eigenvalue weighted by molar-refractivity contribution is 7.89. The highest BCUT2D eigenvalue weighted by Gasteiger charge is 2.40. The van der Waals surface area contributed by atoms with Crippen molar-refractivity contribution in [3.63, 3.8) is 0 Å². The normalized spacial score (nSPS) is 20.8. The molecule has 7 heteroatoms. The first-order valence-electron chi connectivity index (χ1n) is 8.91. The van der Waals surface area contributed by atoms with Crippen LogP contribution in [-0.4, -0.2) is 36.0 Å². The van der Waals surface area contributed by atoms with E-state index in [1.807, 2.05) is 56.3 Å². The zero-order chi connectivity index (χ0) is 19.0. The van der Waals surface area contributed by atoms with Gasteiger partial charge in [0, 0.05) is 18.7 Å². The molecule has 1 aliphatic rings. The second-order valence-electron chi connectivity index (χ2n) is 7.04. The van der Waals surface area contributed by atoms with Crippen LogP contribution in [0.2, 0.25) is 0 Å². The van der Waals surface area contributed by atoms with Gasteiger partial charge in [-0.25, -0.2) is 8.42 Å². The topological polar surface area (TPSA) is 76.3 Å². The number of aryl methyl sites for hydroxylation is 1. The van der Waals surface area contributed by atoms with Crippen LogP contribution >= 0.6 is 0 Å². The van der Waals surface area contributed by atoms with E-state index in [-0.39, 0.29) is 11.8 Å². The highest BCUT2D eigenvalue weighted by atomic mass is 32.2. The minimum Gasteiger partial charge on any atom is -0.339 e. The minimum atomic E-state index is -3.53. The van der Waals surface area contributed by atoms with Crippen molar-refractivity contribution in [3.8, 4) is 11.4 Å². The lowest BCUT2D eigenvalue weighted by atomic mass is 9.98. The van der Waals surface area contributed by atoms with Crippen LogP contribution in [0.3, 0.4) is 0 Å². The van der Waals surface area contributed by atoms with Crippen LogP contribution in [0, 0.1) is 12.8 Å². The molecule has 0 N–H and O–H groups in total. The summed E-state index contributed by atoms with van der Waals surface area (Å²) in [6, 6.07) is 16.5. The second kappa shape index (κ2) is 6.90. The minimum absolute atomic E-state index is 0.0919. The maximum absolute atomic E-state index is 13.0. The molecule has 27 heavy (non-hydrogen) atoms. The van der Waals surface area contributed by atoms with Crippen molar-refractivity contribution in [1.82, 2.24) is 14.4 Å². The first-order chi connectivity index (χ1) is 12.9. The second-order valence-corrected chi connectivity index (χ2v) is 8.98. The fourth-order valence-electron chi connectivity index (χ4n) is 3.39. The number of aromatic nitrogens is 2. The Hall–Kier alpha value is -2.51. The summed E-state index contributed by atoms with van der Waals surface area (Å²) in [5.74, 6) is 0.991. The Kier molecular flexibility index (Phi) is 4.57. The van der Waals surface area contributed by atoms with E-state index >= 15 is 0 Å². The number of rotatable bonds is 4. The van der Waals surface area contributed by atoms with Crippen molar-refractivity contribution in [2.75, 3.05) is 13.1 Å². The van der Waals surface area contributed by atoms with Gasteiger partial charge >= 0.3 is 0 Å². The molecule has 1 saturated heterocycles.